The van der Waals surface area contributed by atoms with Gasteiger partial charge in [0.2, 0.25) is 23.5 Å². The molecule has 0 bridgehead atoms. The second-order valence-electron chi connectivity index (χ2n) is 13.4. The van der Waals surface area contributed by atoms with E-state index in [0.29, 0.717) is 23.5 Å². The Morgan fingerprint density at radius 3 is 2.34 bits per heavy atom. The molecule has 16 heteroatoms. The molecule has 4 aromatic rings. The van der Waals surface area contributed by atoms with Crippen LogP contribution in [0.2, 0.25) is 0 Å². The van der Waals surface area contributed by atoms with Crippen molar-refractivity contribution < 1.29 is 38.2 Å². The van der Waals surface area contributed by atoms with Crippen LogP contribution in [0.5, 0.6) is 0 Å². The first kappa shape index (κ1) is 40.3. The molecule has 1 fully saturated rings. The van der Waals surface area contributed by atoms with Gasteiger partial charge in [0.15, 0.2) is 0 Å². The predicted octanol–water partition coefficient (Wildman–Crippen LogP) is 4.83. The molecule has 2 aliphatic heterocycles. The Hall–Kier alpha value is -5.86. The van der Waals surface area contributed by atoms with Crippen molar-refractivity contribution in [2.24, 2.45) is 0 Å². The summed E-state index contributed by atoms with van der Waals surface area (Å²) in [5, 5.41) is 23.0. The Bertz CT molecular complexity index is 2410. The van der Waals surface area contributed by atoms with Crippen molar-refractivity contribution in [3.63, 3.8) is 0 Å². The van der Waals surface area contributed by atoms with Gasteiger partial charge in [0, 0.05) is 68.9 Å². The number of nitrogens with zero attached hydrogens (tertiary/aromatic N) is 2. The average Bonchev–Trinajstić information content (AvgIpc) is 3.47. The summed E-state index contributed by atoms with van der Waals surface area (Å²) in [5.41, 5.74) is 2.44. The van der Waals surface area contributed by atoms with E-state index in [1.54, 1.807) is 30.0 Å². The van der Waals surface area contributed by atoms with E-state index in [0.717, 1.165) is 35.5 Å². The van der Waals surface area contributed by atoms with Gasteiger partial charge in [-0.3, -0.25) is 39.0 Å². The van der Waals surface area contributed by atoms with Crippen LogP contribution < -0.4 is 21.3 Å². The van der Waals surface area contributed by atoms with Crippen LogP contribution in [-0.2, 0) is 23.9 Å². The lowest BCUT2D eigenvalue weighted by Crippen LogP contribution is -2.54. The average molecular weight is 866 g/mol. The Labute approximate surface area is 345 Å². The first-order chi connectivity index (χ1) is 28.2. The zero-order chi connectivity index (χ0) is 40.8. The topological polar surface area (TPSA) is 196 Å². The highest BCUT2D eigenvalue weighted by Crippen LogP contribution is 2.41. The van der Waals surface area contributed by atoms with Crippen molar-refractivity contribution in [2.45, 2.75) is 35.1 Å². The molecule has 0 radical (unpaired) electrons. The standard InChI is InChI=1S/C42H37BrN6O8S/c43-24-7-9-25(10-8-24)58-33-13-11-27-36-26(33)3-1-4-28(36)39(52)30(23-44)38(27)47-16-15-34(50)46-18-20-57-22-21-56-19-17-45-31-6-2-5-29-37(31)42(55)49(41(29)54)32-12-14-35(51)48-40(32)53/h1-11,13,32,45,47H,12,14-22H2,(H,46,50)(H,48,51,53). The number of carbonyl (C=O) groups excluding carboxylic acids is 6. The first-order valence-corrected chi connectivity index (χ1v) is 20.2. The number of Topliss-reactive ketones (excluding diaryl/α,β-unsaturated/α-hetero) is 1. The number of fused-ring (bicyclic) bond motifs is 1. The maximum absolute atomic E-state index is 13.5. The third-order valence-corrected chi connectivity index (χ3v) is 11.4. The van der Waals surface area contributed by atoms with Crippen molar-refractivity contribution in [1.82, 2.24) is 20.9 Å². The number of ketones is 1. The number of rotatable bonds is 17. The fourth-order valence-electron chi connectivity index (χ4n) is 7.06. The number of nitrogens with one attached hydrogen (secondary N) is 4. The van der Waals surface area contributed by atoms with Gasteiger partial charge in [0.05, 0.1) is 43.3 Å². The van der Waals surface area contributed by atoms with Gasteiger partial charge in [-0.15, -0.1) is 0 Å². The normalized spacial score (nSPS) is 16.0. The number of halogens is 1. The molecular weight excluding hydrogens is 828 g/mol. The highest BCUT2D eigenvalue weighted by Gasteiger charge is 2.45. The molecule has 1 unspecified atom stereocenters. The van der Waals surface area contributed by atoms with E-state index in [2.05, 4.69) is 43.3 Å². The molecule has 0 aromatic heterocycles. The highest BCUT2D eigenvalue weighted by molar-refractivity contribution is 9.10. The van der Waals surface area contributed by atoms with Gasteiger partial charge in [-0.2, -0.15) is 5.26 Å². The molecule has 4 aromatic carbocycles. The molecule has 296 valence electrons. The summed E-state index contributed by atoms with van der Waals surface area (Å²) < 4.78 is 12.2. The smallest absolute Gasteiger partial charge is 0.264 e. The van der Waals surface area contributed by atoms with Crippen LogP contribution in [0.25, 0.3) is 16.5 Å². The van der Waals surface area contributed by atoms with Crippen LogP contribution in [0.15, 0.2) is 92.6 Å². The number of hydrogen-bond acceptors (Lipinski definition) is 12. The molecule has 1 saturated heterocycles. The lowest BCUT2D eigenvalue weighted by atomic mass is 9.86. The first-order valence-electron chi connectivity index (χ1n) is 18.6. The Kier molecular flexibility index (Phi) is 12.6. The van der Waals surface area contributed by atoms with E-state index in [1.807, 2.05) is 48.5 Å². The molecule has 2 heterocycles. The van der Waals surface area contributed by atoms with E-state index in [9.17, 15) is 34.0 Å². The minimum Gasteiger partial charge on any atom is -0.383 e. The predicted molar refractivity (Wildman–Crippen MR) is 218 cm³/mol. The number of amides is 5. The van der Waals surface area contributed by atoms with Crippen LogP contribution in [0.4, 0.5) is 5.69 Å². The van der Waals surface area contributed by atoms with Gasteiger partial charge in [0.25, 0.3) is 11.8 Å². The van der Waals surface area contributed by atoms with Gasteiger partial charge < -0.3 is 25.4 Å². The Balaban J connectivity index is 0.813. The number of imide groups is 2. The summed E-state index contributed by atoms with van der Waals surface area (Å²) in [7, 11) is 0. The summed E-state index contributed by atoms with van der Waals surface area (Å²) >= 11 is 5.06. The summed E-state index contributed by atoms with van der Waals surface area (Å²) in [6.45, 7) is 1.90. The molecular formula is C42H37BrN6O8S. The van der Waals surface area contributed by atoms with Crippen molar-refractivity contribution in [1.29, 1.82) is 5.26 Å². The molecule has 58 heavy (non-hydrogen) atoms. The molecule has 1 aliphatic carbocycles. The molecule has 5 amide bonds. The van der Waals surface area contributed by atoms with Crippen LogP contribution in [0.1, 0.15) is 55.9 Å². The van der Waals surface area contributed by atoms with Gasteiger partial charge >= 0.3 is 0 Å². The number of hydrogen-bond donors (Lipinski definition) is 4. The summed E-state index contributed by atoms with van der Waals surface area (Å²) in [5.74, 6) is -2.84. The third kappa shape index (κ3) is 8.53. The monoisotopic (exact) mass is 864 g/mol. The molecule has 7 rings (SSSR count). The fraction of sp³-hybridized carbons (Fsp3) is 0.262. The number of nitriles is 1. The van der Waals surface area contributed by atoms with Crippen LogP contribution in [0.3, 0.4) is 0 Å². The van der Waals surface area contributed by atoms with E-state index in [4.69, 9.17) is 9.47 Å². The SMILES string of the molecule is N#CC1=C(NCCC(=O)NCCOCCOCCNc2cccc3c2C(=O)N(C2CCC(=O)NC2=O)C3=O)c2ccc(Sc3ccc(Br)cc3)c3cccc(c23)C1=O. The third-order valence-electron chi connectivity index (χ3n) is 9.77. The maximum Gasteiger partial charge on any atom is 0.264 e. The Morgan fingerprint density at radius 2 is 1.59 bits per heavy atom. The molecule has 1 atom stereocenters. The van der Waals surface area contributed by atoms with Gasteiger partial charge in [-0.05, 0) is 54.3 Å². The van der Waals surface area contributed by atoms with E-state index in [-0.39, 0.29) is 87.2 Å². The molecule has 14 nitrogen and oxygen atoms in total. The number of benzene rings is 4. The second-order valence-corrected chi connectivity index (χ2v) is 15.5. The van der Waals surface area contributed by atoms with Crippen LogP contribution in [0, 0.1) is 11.3 Å². The van der Waals surface area contributed by atoms with Crippen LogP contribution in [-0.4, -0.2) is 92.3 Å². The van der Waals surface area contributed by atoms with E-state index >= 15 is 0 Å². The molecule has 3 aliphatic rings. The summed E-state index contributed by atoms with van der Waals surface area (Å²) in [6.07, 6.45) is 0.228. The van der Waals surface area contributed by atoms with Crippen molar-refractivity contribution >= 4 is 85.2 Å². The lowest BCUT2D eigenvalue weighted by Gasteiger charge is -2.27. The Morgan fingerprint density at radius 1 is 0.845 bits per heavy atom. The van der Waals surface area contributed by atoms with Crippen molar-refractivity contribution in [3.05, 3.63) is 105 Å². The van der Waals surface area contributed by atoms with Gasteiger partial charge in [0.1, 0.15) is 17.7 Å². The molecule has 4 N–H and O–H groups in total. The number of allylic oxidation sites excluding steroid dienone is 1. The minimum atomic E-state index is -1.04. The number of carbonyl (C=O) groups is 6. The zero-order valence-electron chi connectivity index (χ0n) is 31.0. The fourth-order valence-corrected chi connectivity index (χ4v) is 8.27. The minimum absolute atomic E-state index is 0.00802. The zero-order valence-corrected chi connectivity index (χ0v) is 33.4. The largest absolute Gasteiger partial charge is 0.383 e. The number of piperidine rings is 1. The molecule has 0 spiro atoms. The van der Waals surface area contributed by atoms with E-state index in [1.165, 1.54) is 6.07 Å². The lowest BCUT2D eigenvalue weighted by molar-refractivity contribution is -0.136. The molecule has 0 saturated carbocycles. The summed E-state index contributed by atoms with van der Waals surface area (Å²) in [4.78, 5) is 79.2. The number of ether oxygens (including phenoxy) is 2. The van der Waals surface area contributed by atoms with Gasteiger partial charge in [-0.25, -0.2) is 0 Å². The van der Waals surface area contributed by atoms with Crippen molar-refractivity contribution in [2.75, 3.05) is 51.4 Å². The quantitative estimate of drug-likeness (QED) is 0.0836. The van der Waals surface area contributed by atoms with E-state index < -0.39 is 29.7 Å². The van der Waals surface area contributed by atoms with Gasteiger partial charge in [-0.1, -0.05) is 58.0 Å². The highest BCUT2D eigenvalue weighted by atomic mass is 79.9. The number of anilines is 1. The van der Waals surface area contributed by atoms with Crippen molar-refractivity contribution in [3.8, 4) is 6.07 Å². The second kappa shape index (κ2) is 18.2. The summed E-state index contributed by atoms with van der Waals surface area (Å²) in [6, 6.07) is 23.3. The maximum atomic E-state index is 13.5. The van der Waals surface area contributed by atoms with Crippen LogP contribution >= 0.6 is 27.7 Å².